The van der Waals surface area contributed by atoms with E-state index >= 15 is 0 Å². The molecule has 0 unspecified atom stereocenters. The Bertz CT molecular complexity index is 1180. The van der Waals surface area contributed by atoms with Crippen LogP contribution in [0.4, 0.5) is 5.82 Å². The zero-order valence-electron chi connectivity index (χ0n) is 15.1. The minimum absolute atomic E-state index is 0.170. The number of para-hydroxylation sites is 1. The molecule has 5 nitrogen and oxygen atoms in total. The Morgan fingerprint density at radius 1 is 1.15 bits per heavy atom. The van der Waals surface area contributed by atoms with Gasteiger partial charge in [0, 0.05) is 11.6 Å². The second-order valence-electron chi connectivity index (χ2n) is 6.44. The Hall–Kier alpha value is -2.70. The zero-order chi connectivity index (χ0) is 19.1. The summed E-state index contributed by atoms with van der Waals surface area (Å²) in [6.07, 6.45) is 0. The highest BCUT2D eigenvalue weighted by Crippen LogP contribution is 2.31. The van der Waals surface area contributed by atoms with Crippen LogP contribution in [0.2, 0.25) is 5.02 Å². The number of hydrogen-bond donors (Lipinski definition) is 1. The van der Waals surface area contributed by atoms with Gasteiger partial charge in [-0.25, -0.2) is 4.98 Å². The summed E-state index contributed by atoms with van der Waals surface area (Å²) in [5.74, 6) is 0.407. The van der Waals surface area contributed by atoms with Gasteiger partial charge in [0.2, 0.25) is 5.13 Å². The van der Waals surface area contributed by atoms with Crippen LogP contribution in [0, 0.1) is 20.8 Å². The normalized spacial score (nSPS) is 11.1. The van der Waals surface area contributed by atoms with Crippen molar-refractivity contribution < 1.29 is 4.79 Å². The molecule has 0 aliphatic carbocycles. The van der Waals surface area contributed by atoms with Gasteiger partial charge in [0.1, 0.15) is 11.3 Å². The topological polar surface area (TPSA) is 59.8 Å². The molecular weight excluding hydrogens is 380 g/mol. The van der Waals surface area contributed by atoms with Crippen LogP contribution >= 0.6 is 22.9 Å². The van der Waals surface area contributed by atoms with Crippen molar-refractivity contribution in [3.63, 3.8) is 0 Å². The van der Waals surface area contributed by atoms with Crippen molar-refractivity contribution in [2.75, 3.05) is 5.32 Å². The number of carbonyl (C=O) groups excluding carboxylic acids is 1. The maximum atomic E-state index is 12.8. The lowest BCUT2D eigenvalue weighted by Crippen LogP contribution is -2.16. The maximum Gasteiger partial charge on any atom is 0.257 e. The molecule has 1 N–H and O–H groups in total. The first-order valence-corrected chi connectivity index (χ1v) is 9.62. The van der Waals surface area contributed by atoms with Crippen LogP contribution in [0.15, 0.2) is 42.5 Å². The van der Waals surface area contributed by atoms with Gasteiger partial charge in [-0.15, -0.1) is 0 Å². The minimum atomic E-state index is -0.170. The van der Waals surface area contributed by atoms with E-state index in [4.69, 9.17) is 11.6 Å². The third-order valence-electron chi connectivity index (χ3n) is 4.25. The number of carbonyl (C=O) groups is 1. The molecule has 0 aliphatic rings. The van der Waals surface area contributed by atoms with Gasteiger partial charge in [-0.3, -0.25) is 4.79 Å². The Balaban J connectivity index is 1.73. The third-order valence-corrected chi connectivity index (χ3v) is 5.55. The van der Waals surface area contributed by atoms with Gasteiger partial charge in [0.15, 0.2) is 0 Å². The fourth-order valence-corrected chi connectivity index (χ4v) is 4.12. The summed E-state index contributed by atoms with van der Waals surface area (Å²) in [5, 5.41) is 8.72. The van der Waals surface area contributed by atoms with Gasteiger partial charge in [0.25, 0.3) is 5.91 Å². The second-order valence-corrected chi connectivity index (χ2v) is 7.85. The van der Waals surface area contributed by atoms with Crippen molar-refractivity contribution in [1.82, 2.24) is 14.8 Å². The number of benzene rings is 2. The Labute approximate surface area is 165 Å². The van der Waals surface area contributed by atoms with Crippen LogP contribution in [-0.4, -0.2) is 20.7 Å². The monoisotopic (exact) mass is 396 g/mol. The van der Waals surface area contributed by atoms with Gasteiger partial charge in [-0.2, -0.15) is 9.78 Å². The van der Waals surface area contributed by atoms with Gasteiger partial charge in [0.05, 0.1) is 15.4 Å². The second kappa shape index (κ2) is 6.79. The summed E-state index contributed by atoms with van der Waals surface area (Å²) in [7, 11) is 0. The molecule has 4 aromatic rings. The first-order valence-electron chi connectivity index (χ1n) is 8.43. The van der Waals surface area contributed by atoms with Crippen LogP contribution in [0.1, 0.15) is 27.2 Å². The number of anilines is 1. The predicted octanol–water partition coefficient (Wildman–Crippen LogP) is 5.31. The molecule has 0 spiro atoms. The van der Waals surface area contributed by atoms with Crippen molar-refractivity contribution in [3.05, 3.63) is 69.9 Å². The quantitative estimate of drug-likeness (QED) is 0.510. The van der Waals surface area contributed by atoms with E-state index in [-0.39, 0.29) is 5.91 Å². The summed E-state index contributed by atoms with van der Waals surface area (Å²) in [5.41, 5.74) is 4.13. The lowest BCUT2D eigenvalue weighted by molar-refractivity contribution is 0.102. The van der Waals surface area contributed by atoms with E-state index in [1.807, 2.05) is 63.2 Å². The molecule has 7 heteroatoms. The van der Waals surface area contributed by atoms with Gasteiger partial charge >= 0.3 is 0 Å². The van der Waals surface area contributed by atoms with E-state index < -0.39 is 0 Å². The summed E-state index contributed by atoms with van der Waals surface area (Å²) < 4.78 is 2.62. The number of amides is 1. The Kier molecular flexibility index (Phi) is 4.45. The van der Waals surface area contributed by atoms with Crippen molar-refractivity contribution in [3.8, 4) is 5.13 Å². The number of hydrogen-bond acceptors (Lipinski definition) is 4. The van der Waals surface area contributed by atoms with Gasteiger partial charge in [-0.05, 0) is 44.5 Å². The molecule has 0 saturated carbocycles. The van der Waals surface area contributed by atoms with E-state index in [0.717, 1.165) is 27.0 Å². The van der Waals surface area contributed by atoms with Crippen molar-refractivity contribution in [1.29, 1.82) is 0 Å². The van der Waals surface area contributed by atoms with Gasteiger partial charge in [-0.1, -0.05) is 46.7 Å². The zero-order valence-corrected chi connectivity index (χ0v) is 16.6. The first kappa shape index (κ1) is 17.7. The molecule has 0 saturated heterocycles. The highest BCUT2D eigenvalue weighted by Gasteiger charge is 2.17. The molecule has 2 aromatic heterocycles. The number of halogens is 1. The summed E-state index contributed by atoms with van der Waals surface area (Å²) in [6.45, 7) is 5.77. The van der Waals surface area contributed by atoms with E-state index in [1.54, 1.807) is 4.68 Å². The summed E-state index contributed by atoms with van der Waals surface area (Å²) >= 11 is 7.72. The molecule has 2 heterocycles. The van der Waals surface area contributed by atoms with E-state index in [0.29, 0.717) is 21.5 Å². The van der Waals surface area contributed by atoms with E-state index in [2.05, 4.69) is 15.4 Å². The standard InChI is InChI=1S/C20H17ClN4OS/c1-11-7-8-12(2)14(9-11)19(26)22-17-10-13(3)24-25(17)20-23-18-15(21)5-4-6-16(18)27-20/h4-10H,1-3H3,(H,22,26). The van der Waals surface area contributed by atoms with Crippen LogP contribution in [0.3, 0.4) is 0 Å². The van der Waals surface area contributed by atoms with Crippen LogP contribution < -0.4 is 5.32 Å². The fourth-order valence-electron chi connectivity index (χ4n) is 2.89. The SMILES string of the molecule is Cc1ccc(C)c(C(=O)Nc2cc(C)nn2-c2nc3c(Cl)cccc3s2)c1. The smallest absolute Gasteiger partial charge is 0.257 e. The minimum Gasteiger partial charge on any atom is -0.306 e. The van der Waals surface area contributed by atoms with Crippen LogP contribution in [0.25, 0.3) is 15.3 Å². The largest absolute Gasteiger partial charge is 0.306 e. The molecule has 4 rings (SSSR count). The van der Waals surface area contributed by atoms with Crippen molar-refractivity contribution >= 4 is 44.9 Å². The molecule has 0 radical (unpaired) electrons. The van der Waals surface area contributed by atoms with Gasteiger partial charge < -0.3 is 5.32 Å². The lowest BCUT2D eigenvalue weighted by Gasteiger charge is -2.09. The van der Waals surface area contributed by atoms with E-state index in [1.165, 1.54) is 11.3 Å². The maximum absolute atomic E-state index is 12.8. The number of fused-ring (bicyclic) bond motifs is 1. The Morgan fingerprint density at radius 3 is 2.74 bits per heavy atom. The number of nitrogens with zero attached hydrogens (tertiary/aromatic N) is 3. The fraction of sp³-hybridized carbons (Fsp3) is 0.150. The van der Waals surface area contributed by atoms with E-state index in [9.17, 15) is 4.79 Å². The van der Waals surface area contributed by atoms with Crippen molar-refractivity contribution in [2.24, 2.45) is 0 Å². The highest BCUT2D eigenvalue weighted by atomic mass is 35.5. The average molecular weight is 397 g/mol. The number of thiazole rings is 1. The molecule has 2 aromatic carbocycles. The average Bonchev–Trinajstić information content (AvgIpc) is 3.21. The van der Waals surface area contributed by atoms with Crippen LogP contribution in [-0.2, 0) is 0 Å². The summed E-state index contributed by atoms with van der Waals surface area (Å²) in [6, 6.07) is 13.3. The summed E-state index contributed by atoms with van der Waals surface area (Å²) in [4.78, 5) is 17.4. The Morgan fingerprint density at radius 2 is 1.96 bits per heavy atom. The molecule has 1 amide bonds. The number of aromatic nitrogens is 3. The molecular formula is C20H17ClN4OS. The van der Waals surface area contributed by atoms with Crippen molar-refractivity contribution in [2.45, 2.75) is 20.8 Å². The predicted molar refractivity (Wildman–Crippen MR) is 110 cm³/mol. The molecule has 0 aliphatic heterocycles. The molecule has 0 bridgehead atoms. The first-order chi connectivity index (χ1) is 12.9. The molecule has 27 heavy (non-hydrogen) atoms. The molecule has 136 valence electrons. The number of aryl methyl sites for hydroxylation is 3. The van der Waals surface area contributed by atoms with Crippen LogP contribution in [0.5, 0.6) is 0 Å². The highest BCUT2D eigenvalue weighted by molar-refractivity contribution is 7.20. The number of rotatable bonds is 3. The lowest BCUT2D eigenvalue weighted by atomic mass is 10.1. The third kappa shape index (κ3) is 3.34. The molecule has 0 fully saturated rings. The number of nitrogens with one attached hydrogen (secondary N) is 1. The molecule has 0 atom stereocenters.